The Balaban J connectivity index is 2.06. The molecule has 0 aromatic carbocycles. The summed E-state index contributed by atoms with van der Waals surface area (Å²) in [7, 11) is 0. The second-order valence-corrected chi connectivity index (χ2v) is 4.57. The van der Waals surface area contributed by atoms with Crippen molar-refractivity contribution in [2.45, 2.75) is 12.7 Å². The number of rotatable bonds is 5. The molecule has 0 spiro atoms. The molecule has 0 radical (unpaired) electrons. The fourth-order valence-electron chi connectivity index (χ4n) is 1.37. The Morgan fingerprint density at radius 1 is 1.56 bits per heavy atom. The van der Waals surface area contributed by atoms with Crippen LogP contribution in [0, 0.1) is 6.92 Å². The number of carboxylic acid groups (broad SMARTS) is 1. The number of hydrogen-bond donors (Lipinski definition) is 1. The second-order valence-electron chi connectivity index (χ2n) is 3.59. The molecule has 2 rings (SSSR count). The van der Waals surface area contributed by atoms with Gasteiger partial charge < -0.3 is 9.63 Å². The molecule has 0 unspecified atom stereocenters. The van der Waals surface area contributed by atoms with Crippen LogP contribution in [0.5, 0.6) is 0 Å². The van der Waals surface area contributed by atoms with Crippen LogP contribution in [0.15, 0.2) is 23.0 Å². The van der Waals surface area contributed by atoms with Gasteiger partial charge in [0, 0.05) is 18.0 Å². The largest absolute Gasteiger partial charge is 0.481 e. The number of aliphatic carboxylic acids is 1. The minimum absolute atomic E-state index is 0.0198. The predicted octanol–water partition coefficient (Wildman–Crippen LogP) is 1.76. The lowest BCUT2D eigenvalue weighted by atomic mass is 10.1. The van der Waals surface area contributed by atoms with Crippen LogP contribution in [0.1, 0.15) is 11.5 Å². The van der Waals surface area contributed by atoms with Gasteiger partial charge in [-0.1, -0.05) is 5.16 Å². The maximum Gasteiger partial charge on any atom is 0.313 e. The van der Waals surface area contributed by atoms with E-state index in [1.807, 2.05) is 13.0 Å². The second kappa shape index (κ2) is 5.63. The summed E-state index contributed by atoms with van der Waals surface area (Å²) in [6.45, 7) is 1.91. The Bertz CT molecular complexity index is 556. The molecular formula is C11H11N3O3S. The van der Waals surface area contributed by atoms with Gasteiger partial charge in [0.05, 0.1) is 11.5 Å². The highest BCUT2D eigenvalue weighted by atomic mass is 32.2. The number of aryl methyl sites for hydroxylation is 1. The van der Waals surface area contributed by atoms with Crippen molar-refractivity contribution in [2.75, 3.05) is 5.75 Å². The van der Waals surface area contributed by atoms with E-state index in [1.165, 1.54) is 11.8 Å². The zero-order valence-corrected chi connectivity index (χ0v) is 10.5. The third kappa shape index (κ3) is 3.07. The molecule has 0 amide bonds. The predicted molar refractivity (Wildman–Crippen MR) is 66.1 cm³/mol. The molecule has 0 fully saturated rings. The Kier molecular flexibility index (Phi) is 3.93. The molecule has 0 aliphatic rings. The number of aromatic nitrogens is 3. The van der Waals surface area contributed by atoms with Crippen LogP contribution >= 0.6 is 11.8 Å². The van der Waals surface area contributed by atoms with Crippen molar-refractivity contribution in [3.63, 3.8) is 0 Å². The molecule has 0 saturated carbocycles. The highest BCUT2D eigenvalue weighted by molar-refractivity contribution is 7.99. The smallest absolute Gasteiger partial charge is 0.313 e. The van der Waals surface area contributed by atoms with Crippen molar-refractivity contribution in [1.29, 1.82) is 0 Å². The quantitative estimate of drug-likeness (QED) is 0.880. The van der Waals surface area contributed by atoms with E-state index in [0.29, 0.717) is 17.5 Å². The lowest BCUT2D eigenvalue weighted by molar-refractivity contribution is -0.133. The van der Waals surface area contributed by atoms with Crippen LogP contribution in [0.25, 0.3) is 11.4 Å². The van der Waals surface area contributed by atoms with E-state index in [1.54, 1.807) is 12.4 Å². The summed E-state index contributed by atoms with van der Waals surface area (Å²) < 4.78 is 5.06. The number of nitrogens with zero attached hydrogens (tertiary/aromatic N) is 3. The van der Waals surface area contributed by atoms with Gasteiger partial charge in [-0.2, -0.15) is 4.98 Å². The van der Waals surface area contributed by atoms with E-state index in [0.717, 1.165) is 11.1 Å². The molecule has 18 heavy (non-hydrogen) atoms. The SMILES string of the molecule is Cc1cnccc1-c1noc(CSCC(=O)O)n1. The lowest BCUT2D eigenvalue weighted by Gasteiger charge is -1.97. The summed E-state index contributed by atoms with van der Waals surface area (Å²) >= 11 is 1.22. The van der Waals surface area contributed by atoms with Crippen LogP contribution in [-0.2, 0) is 10.5 Å². The molecule has 0 atom stereocenters. The molecule has 0 bridgehead atoms. The highest BCUT2D eigenvalue weighted by Gasteiger charge is 2.11. The average Bonchev–Trinajstić information content (AvgIpc) is 2.78. The molecule has 2 heterocycles. The van der Waals surface area contributed by atoms with Gasteiger partial charge in [-0.05, 0) is 18.6 Å². The van der Waals surface area contributed by atoms with E-state index in [2.05, 4.69) is 15.1 Å². The van der Waals surface area contributed by atoms with Crippen LogP contribution in [0.3, 0.4) is 0 Å². The molecule has 7 heteroatoms. The van der Waals surface area contributed by atoms with E-state index in [-0.39, 0.29) is 5.75 Å². The van der Waals surface area contributed by atoms with Crippen LogP contribution in [-0.4, -0.2) is 32.0 Å². The van der Waals surface area contributed by atoms with Crippen LogP contribution in [0.4, 0.5) is 0 Å². The summed E-state index contributed by atoms with van der Waals surface area (Å²) in [5.74, 6) is 0.480. The normalized spacial score (nSPS) is 10.5. The van der Waals surface area contributed by atoms with Crippen LogP contribution < -0.4 is 0 Å². The Morgan fingerprint density at radius 2 is 2.39 bits per heavy atom. The van der Waals surface area contributed by atoms with E-state index in [9.17, 15) is 4.79 Å². The van der Waals surface area contributed by atoms with Gasteiger partial charge in [0.1, 0.15) is 0 Å². The summed E-state index contributed by atoms with van der Waals surface area (Å²) in [5, 5.41) is 12.4. The van der Waals surface area contributed by atoms with Gasteiger partial charge in [0.15, 0.2) is 0 Å². The first-order valence-corrected chi connectivity index (χ1v) is 6.35. The molecule has 6 nitrogen and oxygen atoms in total. The molecule has 2 aromatic rings. The van der Waals surface area contributed by atoms with Gasteiger partial charge in [-0.3, -0.25) is 9.78 Å². The molecular weight excluding hydrogens is 254 g/mol. The topological polar surface area (TPSA) is 89.1 Å². The monoisotopic (exact) mass is 265 g/mol. The zero-order valence-electron chi connectivity index (χ0n) is 9.66. The third-order valence-electron chi connectivity index (χ3n) is 2.18. The zero-order chi connectivity index (χ0) is 13.0. The van der Waals surface area contributed by atoms with Crippen molar-refractivity contribution in [2.24, 2.45) is 0 Å². The fraction of sp³-hybridized carbons (Fsp3) is 0.273. The Hall–Kier alpha value is -1.89. The first kappa shape index (κ1) is 12.6. The summed E-state index contributed by atoms with van der Waals surface area (Å²) in [6, 6.07) is 1.81. The number of pyridine rings is 1. The number of hydrogen-bond acceptors (Lipinski definition) is 6. The fourth-order valence-corrected chi connectivity index (χ4v) is 1.94. The maximum atomic E-state index is 10.4. The van der Waals surface area contributed by atoms with E-state index in [4.69, 9.17) is 9.63 Å². The lowest BCUT2D eigenvalue weighted by Crippen LogP contribution is -1.98. The third-order valence-corrected chi connectivity index (χ3v) is 3.08. The van der Waals surface area contributed by atoms with Gasteiger partial charge >= 0.3 is 5.97 Å². The molecule has 0 aliphatic carbocycles. The first-order valence-electron chi connectivity index (χ1n) is 5.20. The van der Waals surface area contributed by atoms with Crippen molar-refractivity contribution < 1.29 is 14.4 Å². The first-order chi connectivity index (χ1) is 8.66. The molecule has 2 aromatic heterocycles. The Labute approximate surface area is 107 Å². The highest BCUT2D eigenvalue weighted by Crippen LogP contribution is 2.20. The number of carbonyl (C=O) groups is 1. The van der Waals surface area contributed by atoms with Crippen LogP contribution in [0.2, 0.25) is 0 Å². The number of thioether (sulfide) groups is 1. The van der Waals surface area contributed by atoms with Crippen molar-refractivity contribution in [3.05, 3.63) is 29.9 Å². The molecule has 0 saturated heterocycles. The van der Waals surface area contributed by atoms with Gasteiger partial charge in [-0.25, -0.2) is 0 Å². The summed E-state index contributed by atoms with van der Waals surface area (Å²) in [4.78, 5) is 18.6. The van der Waals surface area contributed by atoms with Gasteiger partial charge in [-0.15, -0.1) is 11.8 Å². The number of carboxylic acids is 1. The molecule has 0 aliphatic heterocycles. The molecule has 94 valence electrons. The minimum Gasteiger partial charge on any atom is -0.481 e. The van der Waals surface area contributed by atoms with Crippen molar-refractivity contribution in [3.8, 4) is 11.4 Å². The average molecular weight is 265 g/mol. The van der Waals surface area contributed by atoms with Gasteiger partial charge in [0.2, 0.25) is 11.7 Å². The summed E-state index contributed by atoms with van der Waals surface area (Å²) in [6.07, 6.45) is 3.39. The van der Waals surface area contributed by atoms with Gasteiger partial charge in [0.25, 0.3) is 0 Å². The molecule has 1 N–H and O–H groups in total. The maximum absolute atomic E-state index is 10.4. The minimum atomic E-state index is -0.857. The summed E-state index contributed by atoms with van der Waals surface area (Å²) in [5.41, 5.74) is 1.83. The van der Waals surface area contributed by atoms with E-state index < -0.39 is 5.97 Å². The van der Waals surface area contributed by atoms with E-state index >= 15 is 0 Å². The Morgan fingerprint density at radius 3 is 3.11 bits per heavy atom. The van der Waals surface area contributed by atoms with Crippen molar-refractivity contribution >= 4 is 17.7 Å². The van der Waals surface area contributed by atoms with Crippen molar-refractivity contribution in [1.82, 2.24) is 15.1 Å². The standard InChI is InChI=1S/C11H11N3O3S/c1-7-4-12-3-2-8(7)11-13-9(17-14-11)5-18-6-10(15)16/h2-4H,5-6H2,1H3,(H,15,16).